The molecule has 0 amide bonds. The van der Waals surface area contributed by atoms with Gasteiger partial charge in [-0.2, -0.15) is 0 Å². The number of ether oxygens (including phenoxy) is 2. The molecule has 1 fully saturated rings. The number of hydrogen-bond acceptors (Lipinski definition) is 3. The van der Waals surface area contributed by atoms with Gasteiger partial charge >= 0.3 is 0 Å². The van der Waals surface area contributed by atoms with Crippen molar-refractivity contribution in [3.8, 4) is 11.5 Å². The van der Waals surface area contributed by atoms with E-state index in [2.05, 4.69) is 25.2 Å². The highest BCUT2D eigenvalue weighted by Crippen LogP contribution is 2.43. The second-order valence-corrected chi connectivity index (χ2v) is 5.28. The number of benzene rings is 1. The van der Waals surface area contributed by atoms with E-state index in [0.29, 0.717) is 19.1 Å². The van der Waals surface area contributed by atoms with Gasteiger partial charge in [0.15, 0.2) is 11.5 Å². The second-order valence-electron chi connectivity index (χ2n) is 5.28. The van der Waals surface area contributed by atoms with Gasteiger partial charge in [-0.15, -0.1) is 0 Å². The maximum Gasteiger partial charge on any atom is 0.165 e. The molecule has 0 spiro atoms. The molecular formula is C15H21NO2. The van der Waals surface area contributed by atoms with Gasteiger partial charge in [-0.05, 0) is 62.9 Å². The molecule has 0 radical (unpaired) electrons. The molecule has 0 bridgehead atoms. The van der Waals surface area contributed by atoms with Gasteiger partial charge in [-0.1, -0.05) is 0 Å². The summed E-state index contributed by atoms with van der Waals surface area (Å²) in [6.07, 6.45) is 2.39. The fourth-order valence-corrected chi connectivity index (χ4v) is 3.04. The van der Waals surface area contributed by atoms with E-state index in [1.165, 1.54) is 29.5 Å². The number of hydrogen-bond donors (Lipinski definition) is 1. The number of fused-ring (bicyclic) bond motifs is 1. The molecular weight excluding hydrogens is 226 g/mol. The molecule has 1 N–H and O–H groups in total. The topological polar surface area (TPSA) is 30.5 Å². The fourth-order valence-electron chi connectivity index (χ4n) is 3.04. The predicted molar refractivity (Wildman–Crippen MR) is 71.8 cm³/mol. The summed E-state index contributed by atoms with van der Waals surface area (Å²) in [6, 6.07) is 2.12. The lowest BCUT2D eigenvalue weighted by molar-refractivity contribution is 0.168. The van der Waals surface area contributed by atoms with Crippen molar-refractivity contribution < 1.29 is 9.47 Å². The standard InChI is InChI=1S/C15H21NO2/c1-10-9-13-15(18-8-7-17-13)14(11(10)2)12-3-5-16-6-4-12/h9,12,16H,3-8H2,1-2H3. The van der Waals surface area contributed by atoms with Crippen LogP contribution in [0.3, 0.4) is 0 Å². The highest BCUT2D eigenvalue weighted by molar-refractivity contribution is 5.56. The van der Waals surface area contributed by atoms with E-state index in [1.807, 2.05) is 0 Å². The lowest BCUT2D eigenvalue weighted by Gasteiger charge is -2.30. The largest absolute Gasteiger partial charge is 0.486 e. The maximum atomic E-state index is 5.90. The molecule has 0 aliphatic carbocycles. The maximum absolute atomic E-state index is 5.90. The van der Waals surface area contributed by atoms with Crippen LogP contribution < -0.4 is 14.8 Å². The Morgan fingerprint density at radius 1 is 1.11 bits per heavy atom. The summed E-state index contributed by atoms with van der Waals surface area (Å²) in [5, 5.41) is 3.43. The summed E-state index contributed by atoms with van der Waals surface area (Å²) >= 11 is 0. The average molecular weight is 247 g/mol. The molecule has 0 aromatic heterocycles. The number of nitrogens with one attached hydrogen (secondary N) is 1. The van der Waals surface area contributed by atoms with E-state index >= 15 is 0 Å². The lowest BCUT2D eigenvalue weighted by Crippen LogP contribution is -2.28. The quantitative estimate of drug-likeness (QED) is 0.827. The molecule has 3 heteroatoms. The molecule has 3 rings (SSSR count). The Labute approximate surface area is 108 Å². The van der Waals surface area contributed by atoms with E-state index in [-0.39, 0.29) is 0 Å². The van der Waals surface area contributed by atoms with Crippen molar-refractivity contribution in [2.24, 2.45) is 0 Å². The van der Waals surface area contributed by atoms with Crippen LogP contribution in [0, 0.1) is 13.8 Å². The Kier molecular flexibility index (Phi) is 3.16. The molecule has 1 aromatic rings. The third kappa shape index (κ3) is 1.97. The van der Waals surface area contributed by atoms with Gasteiger partial charge in [-0.3, -0.25) is 0 Å². The first-order chi connectivity index (χ1) is 8.77. The molecule has 0 saturated carbocycles. The van der Waals surface area contributed by atoms with Crippen molar-refractivity contribution >= 4 is 0 Å². The Hall–Kier alpha value is -1.22. The monoisotopic (exact) mass is 247 g/mol. The summed E-state index contributed by atoms with van der Waals surface area (Å²) in [6.45, 7) is 7.93. The van der Waals surface area contributed by atoms with Crippen molar-refractivity contribution in [3.05, 3.63) is 22.8 Å². The molecule has 98 valence electrons. The molecule has 2 aliphatic rings. The van der Waals surface area contributed by atoms with Gasteiger partial charge in [0.2, 0.25) is 0 Å². The minimum Gasteiger partial charge on any atom is -0.486 e. The average Bonchev–Trinajstić information content (AvgIpc) is 2.41. The van der Waals surface area contributed by atoms with Crippen LogP contribution in [0.1, 0.15) is 35.4 Å². The Balaban J connectivity index is 2.07. The first kappa shape index (κ1) is 11.8. The minimum atomic E-state index is 0.613. The van der Waals surface area contributed by atoms with Gasteiger partial charge in [0.1, 0.15) is 13.2 Å². The highest BCUT2D eigenvalue weighted by atomic mass is 16.6. The van der Waals surface area contributed by atoms with E-state index in [1.54, 1.807) is 0 Å². The molecule has 18 heavy (non-hydrogen) atoms. The van der Waals surface area contributed by atoms with Crippen LogP contribution in [0.15, 0.2) is 6.07 Å². The zero-order chi connectivity index (χ0) is 12.5. The van der Waals surface area contributed by atoms with Crippen LogP contribution in [-0.4, -0.2) is 26.3 Å². The fraction of sp³-hybridized carbons (Fsp3) is 0.600. The van der Waals surface area contributed by atoms with Gasteiger partial charge in [0.25, 0.3) is 0 Å². The van der Waals surface area contributed by atoms with E-state index < -0.39 is 0 Å². The Bertz CT molecular complexity index is 450. The SMILES string of the molecule is Cc1cc2c(c(C3CCNCC3)c1C)OCCO2. The zero-order valence-corrected chi connectivity index (χ0v) is 11.2. The van der Waals surface area contributed by atoms with Gasteiger partial charge in [0, 0.05) is 5.56 Å². The van der Waals surface area contributed by atoms with Gasteiger partial charge in [-0.25, -0.2) is 0 Å². The predicted octanol–water partition coefficient (Wildman–Crippen LogP) is 2.54. The molecule has 0 unspecified atom stereocenters. The number of rotatable bonds is 1. The lowest BCUT2D eigenvalue weighted by atomic mass is 9.85. The van der Waals surface area contributed by atoms with Crippen molar-refractivity contribution in [2.75, 3.05) is 26.3 Å². The smallest absolute Gasteiger partial charge is 0.165 e. The summed E-state index contributed by atoms with van der Waals surface area (Å²) < 4.78 is 11.6. The normalized spacial score (nSPS) is 19.9. The Morgan fingerprint density at radius 3 is 2.61 bits per heavy atom. The third-order valence-electron chi connectivity index (χ3n) is 4.15. The molecule has 1 aromatic carbocycles. The molecule has 2 aliphatic heterocycles. The van der Waals surface area contributed by atoms with Crippen molar-refractivity contribution in [1.82, 2.24) is 5.32 Å². The molecule has 3 nitrogen and oxygen atoms in total. The molecule has 2 heterocycles. The highest BCUT2D eigenvalue weighted by Gasteiger charge is 2.26. The first-order valence-corrected chi connectivity index (χ1v) is 6.88. The molecule has 0 atom stereocenters. The number of aryl methyl sites for hydroxylation is 1. The zero-order valence-electron chi connectivity index (χ0n) is 11.2. The summed E-state index contributed by atoms with van der Waals surface area (Å²) in [4.78, 5) is 0. The van der Waals surface area contributed by atoms with E-state index in [0.717, 1.165) is 24.6 Å². The van der Waals surface area contributed by atoms with E-state index in [4.69, 9.17) is 9.47 Å². The first-order valence-electron chi connectivity index (χ1n) is 6.88. The van der Waals surface area contributed by atoms with Crippen LogP contribution in [0.5, 0.6) is 11.5 Å². The molecule has 1 saturated heterocycles. The Morgan fingerprint density at radius 2 is 1.83 bits per heavy atom. The second kappa shape index (κ2) is 4.81. The third-order valence-corrected chi connectivity index (χ3v) is 4.15. The summed E-state index contributed by atoms with van der Waals surface area (Å²) in [5.41, 5.74) is 4.09. The van der Waals surface area contributed by atoms with Crippen molar-refractivity contribution in [2.45, 2.75) is 32.6 Å². The summed E-state index contributed by atoms with van der Waals surface area (Å²) in [5.74, 6) is 2.57. The van der Waals surface area contributed by atoms with Crippen molar-refractivity contribution in [1.29, 1.82) is 0 Å². The van der Waals surface area contributed by atoms with Crippen LogP contribution in [0.4, 0.5) is 0 Å². The van der Waals surface area contributed by atoms with Crippen molar-refractivity contribution in [3.63, 3.8) is 0 Å². The summed E-state index contributed by atoms with van der Waals surface area (Å²) in [7, 11) is 0. The van der Waals surface area contributed by atoms with Gasteiger partial charge in [0.05, 0.1) is 0 Å². The minimum absolute atomic E-state index is 0.613. The van der Waals surface area contributed by atoms with Crippen LogP contribution in [0.25, 0.3) is 0 Å². The van der Waals surface area contributed by atoms with Crippen LogP contribution in [-0.2, 0) is 0 Å². The van der Waals surface area contributed by atoms with Crippen LogP contribution in [0.2, 0.25) is 0 Å². The number of piperidine rings is 1. The van der Waals surface area contributed by atoms with Gasteiger partial charge < -0.3 is 14.8 Å². The van der Waals surface area contributed by atoms with Crippen LogP contribution >= 0.6 is 0 Å². The van der Waals surface area contributed by atoms with E-state index in [9.17, 15) is 0 Å².